The molecule has 0 amide bonds. The molecule has 2 rings (SSSR count). The monoisotopic (exact) mass is 219 g/mol. The van der Waals surface area contributed by atoms with Crippen LogP contribution in [-0.4, -0.2) is 20.5 Å². The molecule has 0 fully saturated rings. The molecule has 0 saturated carbocycles. The summed E-state index contributed by atoms with van der Waals surface area (Å²) in [4.78, 5) is 14.8. The van der Waals surface area contributed by atoms with Crippen molar-refractivity contribution in [1.82, 2.24) is 9.38 Å². The summed E-state index contributed by atoms with van der Waals surface area (Å²) >= 11 is 0. The number of carboxylic acids is 1. The maximum absolute atomic E-state index is 10.6. The van der Waals surface area contributed by atoms with Crippen molar-refractivity contribution < 1.29 is 9.90 Å². The molecule has 0 aliphatic heterocycles. The van der Waals surface area contributed by atoms with Crippen molar-refractivity contribution in [3.63, 3.8) is 0 Å². The molecule has 0 saturated heterocycles. The van der Waals surface area contributed by atoms with E-state index < -0.39 is 12.0 Å². The van der Waals surface area contributed by atoms with Crippen LogP contribution in [0.3, 0.4) is 0 Å². The second-order valence-corrected chi connectivity index (χ2v) is 3.78. The van der Waals surface area contributed by atoms with E-state index in [-0.39, 0.29) is 6.42 Å². The summed E-state index contributed by atoms with van der Waals surface area (Å²) in [5.41, 5.74) is 8.40. The fraction of sp³-hybridized carbons (Fsp3) is 0.273. The number of aliphatic carboxylic acids is 1. The van der Waals surface area contributed by atoms with Crippen LogP contribution in [0.5, 0.6) is 0 Å². The first kappa shape index (κ1) is 10.6. The van der Waals surface area contributed by atoms with Crippen LogP contribution in [0.2, 0.25) is 0 Å². The van der Waals surface area contributed by atoms with Gasteiger partial charge in [0.25, 0.3) is 0 Å². The fourth-order valence-electron chi connectivity index (χ4n) is 1.81. The van der Waals surface area contributed by atoms with Gasteiger partial charge in [-0.05, 0) is 18.6 Å². The Balaban J connectivity index is 2.48. The summed E-state index contributed by atoms with van der Waals surface area (Å²) in [7, 11) is 0. The zero-order valence-electron chi connectivity index (χ0n) is 8.92. The van der Waals surface area contributed by atoms with Gasteiger partial charge in [-0.15, -0.1) is 0 Å². The number of hydrogen-bond acceptors (Lipinski definition) is 3. The highest BCUT2D eigenvalue weighted by atomic mass is 16.4. The third-order valence-corrected chi connectivity index (χ3v) is 2.53. The second-order valence-electron chi connectivity index (χ2n) is 3.78. The molecule has 16 heavy (non-hydrogen) atoms. The summed E-state index contributed by atoms with van der Waals surface area (Å²) in [6, 6.07) is 3.30. The average Bonchev–Trinajstić information content (AvgIpc) is 2.61. The van der Waals surface area contributed by atoms with Gasteiger partial charge in [-0.2, -0.15) is 0 Å². The van der Waals surface area contributed by atoms with Crippen molar-refractivity contribution in [1.29, 1.82) is 0 Å². The van der Waals surface area contributed by atoms with E-state index >= 15 is 0 Å². The Bertz CT molecular complexity index is 533. The maximum Gasteiger partial charge on any atom is 0.305 e. The number of nitrogens with two attached hydrogens (primary N) is 1. The molecule has 84 valence electrons. The van der Waals surface area contributed by atoms with Crippen LogP contribution in [0.25, 0.3) is 5.52 Å². The van der Waals surface area contributed by atoms with Gasteiger partial charge in [-0.25, -0.2) is 4.98 Å². The largest absolute Gasteiger partial charge is 0.481 e. The molecule has 3 N–H and O–H groups in total. The van der Waals surface area contributed by atoms with Gasteiger partial charge in [0.05, 0.1) is 30.0 Å². The Morgan fingerprint density at radius 1 is 1.69 bits per heavy atom. The molecule has 0 radical (unpaired) electrons. The smallest absolute Gasteiger partial charge is 0.305 e. The first-order valence-corrected chi connectivity index (χ1v) is 4.99. The number of aryl methyl sites for hydroxylation is 1. The molecule has 1 unspecified atom stereocenters. The third-order valence-electron chi connectivity index (χ3n) is 2.53. The van der Waals surface area contributed by atoms with E-state index in [1.165, 1.54) is 0 Å². The Morgan fingerprint density at radius 3 is 3.12 bits per heavy atom. The van der Waals surface area contributed by atoms with Gasteiger partial charge < -0.3 is 15.2 Å². The number of carboxylic acid groups (broad SMARTS) is 1. The highest BCUT2D eigenvalue weighted by Crippen LogP contribution is 2.21. The fourth-order valence-corrected chi connectivity index (χ4v) is 1.81. The Hall–Kier alpha value is -1.88. The number of nitrogens with zero attached hydrogens (tertiary/aromatic N) is 2. The molecule has 0 aliphatic carbocycles. The van der Waals surface area contributed by atoms with E-state index in [2.05, 4.69) is 4.98 Å². The molecule has 5 heteroatoms. The molecule has 0 aliphatic rings. The summed E-state index contributed by atoms with van der Waals surface area (Å²) in [5.74, 6) is -0.915. The summed E-state index contributed by atoms with van der Waals surface area (Å²) in [5, 5.41) is 8.71. The zero-order valence-corrected chi connectivity index (χ0v) is 8.92. The first-order valence-electron chi connectivity index (χ1n) is 4.99. The Kier molecular flexibility index (Phi) is 2.62. The Labute approximate surface area is 92.5 Å². The van der Waals surface area contributed by atoms with Crippen LogP contribution in [0.1, 0.15) is 23.7 Å². The number of imidazole rings is 1. The minimum Gasteiger partial charge on any atom is -0.481 e. The highest BCUT2D eigenvalue weighted by Gasteiger charge is 2.17. The number of pyridine rings is 1. The normalized spacial score (nSPS) is 12.9. The van der Waals surface area contributed by atoms with Gasteiger partial charge in [-0.3, -0.25) is 4.79 Å². The van der Waals surface area contributed by atoms with E-state index in [9.17, 15) is 4.79 Å². The van der Waals surface area contributed by atoms with E-state index in [1.807, 2.05) is 29.7 Å². The maximum atomic E-state index is 10.6. The molecule has 2 heterocycles. The van der Waals surface area contributed by atoms with Crippen LogP contribution in [-0.2, 0) is 4.79 Å². The predicted octanol–water partition coefficient (Wildman–Crippen LogP) is 1.12. The molecular weight excluding hydrogens is 206 g/mol. The number of fused-ring (bicyclic) bond motifs is 1. The average molecular weight is 219 g/mol. The Morgan fingerprint density at radius 2 is 2.44 bits per heavy atom. The number of hydrogen-bond donors (Lipinski definition) is 2. The lowest BCUT2D eigenvalue weighted by Gasteiger charge is -2.07. The van der Waals surface area contributed by atoms with Gasteiger partial charge in [0.1, 0.15) is 0 Å². The topological polar surface area (TPSA) is 80.6 Å². The summed E-state index contributed by atoms with van der Waals surface area (Å²) < 4.78 is 1.85. The van der Waals surface area contributed by atoms with Gasteiger partial charge >= 0.3 is 5.97 Å². The summed E-state index contributed by atoms with van der Waals surface area (Å²) in [6.45, 7) is 1.95. The van der Waals surface area contributed by atoms with Crippen molar-refractivity contribution in [3.8, 4) is 0 Å². The van der Waals surface area contributed by atoms with Gasteiger partial charge in [0, 0.05) is 6.20 Å². The molecule has 0 aromatic carbocycles. The highest BCUT2D eigenvalue weighted by molar-refractivity contribution is 5.69. The molecule has 5 nitrogen and oxygen atoms in total. The quantitative estimate of drug-likeness (QED) is 0.810. The SMILES string of the molecule is Cc1cccn2cnc(C(N)CC(=O)O)c12. The van der Waals surface area contributed by atoms with Crippen LogP contribution in [0.15, 0.2) is 24.7 Å². The van der Waals surface area contributed by atoms with E-state index in [0.717, 1.165) is 11.1 Å². The summed E-state index contributed by atoms with van der Waals surface area (Å²) in [6.07, 6.45) is 3.41. The zero-order chi connectivity index (χ0) is 11.7. The van der Waals surface area contributed by atoms with Gasteiger partial charge in [-0.1, -0.05) is 6.07 Å². The first-order chi connectivity index (χ1) is 7.59. The van der Waals surface area contributed by atoms with E-state index in [0.29, 0.717) is 5.69 Å². The van der Waals surface area contributed by atoms with Crippen LogP contribution in [0.4, 0.5) is 0 Å². The van der Waals surface area contributed by atoms with Crippen LogP contribution >= 0.6 is 0 Å². The van der Waals surface area contributed by atoms with Crippen LogP contribution < -0.4 is 5.73 Å². The van der Waals surface area contributed by atoms with Crippen molar-refractivity contribution in [2.45, 2.75) is 19.4 Å². The second kappa shape index (κ2) is 3.94. The molecular formula is C11H13N3O2. The number of rotatable bonds is 3. The molecule has 1 atom stereocenters. The van der Waals surface area contributed by atoms with Crippen LogP contribution in [0, 0.1) is 6.92 Å². The lowest BCUT2D eigenvalue weighted by Crippen LogP contribution is -2.15. The predicted molar refractivity (Wildman–Crippen MR) is 59.1 cm³/mol. The number of aromatic nitrogens is 2. The lowest BCUT2D eigenvalue weighted by atomic mass is 10.1. The molecule has 2 aromatic rings. The van der Waals surface area contributed by atoms with Crippen molar-refractivity contribution in [2.24, 2.45) is 5.73 Å². The molecule has 0 bridgehead atoms. The minimum absolute atomic E-state index is 0.110. The van der Waals surface area contributed by atoms with Gasteiger partial charge in [0.15, 0.2) is 0 Å². The van der Waals surface area contributed by atoms with Crippen molar-refractivity contribution in [2.75, 3.05) is 0 Å². The van der Waals surface area contributed by atoms with E-state index in [4.69, 9.17) is 10.8 Å². The molecule has 0 spiro atoms. The lowest BCUT2D eigenvalue weighted by molar-refractivity contribution is -0.137. The van der Waals surface area contributed by atoms with E-state index in [1.54, 1.807) is 6.33 Å². The molecule has 2 aromatic heterocycles. The minimum atomic E-state index is -0.915. The van der Waals surface area contributed by atoms with Crippen molar-refractivity contribution in [3.05, 3.63) is 35.9 Å². The van der Waals surface area contributed by atoms with Crippen molar-refractivity contribution >= 4 is 11.5 Å². The standard InChI is InChI=1S/C11H13N3O2/c1-7-3-2-4-14-6-13-10(11(7)14)8(12)5-9(15)16/h2-4,6,8H,5,12H2,1H3,(H,15,16). The van der Waals surface area contributed by atoms with Gasteiger partial charge in [0.2, 0.25) is 0 Å². The third kappa shape index (κ3) is 1.77. The number of carbonyl (C=O) groups is 1.